The topological polar surface area (TPSA) is 96.9 Å². The lowest BCUT2D eigenvalue weighted by Gasteiger charge is -2.28. The Bertz CT molecular complexity index is 862. The fraction of sp³-hybridized carbons (Fsp3) is 0.632. The normalized spacial score (nSPS) is 23.6. The molecule has 28 heavy (non-hydrogen) atoms. The molecule has 0 spiro atoms. The van der Waals surface area contributed by atoms with E-state index in [4.69, 9.17) is 4.74 Å². The lowest BCUT2D eigenvalue weighted by molar-refractivity contribution is -0.137. The zero-order valence-electron chi connectivity index (χ0n) is 15.7. The summed E-state index contributed by atoms with van der Waals surface area (Å²) in [4.78, 5) is 33.4. The fourth-order valence-electron chi connectivity index (χ4n) is 4.07. The van der Waals surface area contributed by atoms with Gasteiger partial charge in [-0.05, 0) is 44.2 Å². The number of aromatic nitrogens is 1. The molecule has 0 bridgehead atoms. The summed E-state index contributed by atoms with van der Waals surface area (Å²) in [5.74, 6) is -0.172. The molecule has 1 amide bonds. The summed E-state index contributed by atoms with van der Waals surface area (Å²) in [6.45, 7) is 1.32. The van der Waals surface area contributed by atoms with Crippen LogP contribution in [0, 0.1) is 0 Å². The second-order valence-corrected chi connectivity index (χ2v) is 9.96. The van der Waals surface area contributed by atoms with Crippen LogP contribution in [-0.4, -0.2) is 73.5 Å². The van der Waals surface area contributed by atoms with Crippen molar-refractivity contribution in [3.05, 3.63) is 23.9 Å². The first kappa shape index (κ1) is 19.2. The molecule has 1 atom stereocenters. The summed E-state index contributed by atoms with van der Waals surface area (Å²) in [5, 5.41) is 0. The van der Waals surface area contributed by atoms with Gasteiger partial charge in [-0.15, -0.1) is 0 Å². The van der Waals surface area contributed by atoms with Gasteiger partial charge in [-0.3, -0.25) is 4.79 Å². The van der Waals surface area contributed by atoms with Crippen LogP contribution in [0.15, 0.2) is 18.3 Å². The summed E-state index contributed by atoms with van der Waals surface area (Å²) in [7, 11) is -3.08. The number of carbonyl (C=O) groups excluding carboxylic acids is 2. The molecule has 152 valence electrons. The van der Waals surface area contributed by atoms with Gasteiger partial charge in [-0.25, -0.2) is 18.2 Å². The van der Waals surface area contributed by atoms with E-state index >= 15 is 0 Å². The Hall–Kier alpha value is -2.16. The van der Waals surface area contributed by atoms with E-state index in [1.54, 1.807) is 23.2 Å². The second kappa shape index (κ2) is 7.69. The number of esters is 1. The van der Waals surface area contributed by atoms with Crippen molar-refractivity contribution in [2.24, 2.45) is 0 Å². The van der Waals surface area contributed by atoms with Gasteiger partial charge in [0.25, 0.3) is 5.91 Å². The maximum Gasteiger partial charge on any atom is 0.342 e. The SMILES string of the molecule is O=C(OCC(=O)N(C1CC1)[C@@H]1CCS(=O)(=O)C1)c1cccnc1N1CCCC1. The highest BCUT2D eigenvalue weighted by atomic mass is 32.2. The highest BCUT2D eigenvalue weighted by Gasteiger charge is 2.42. The van der Waals surface area contributed by atoms with Crippen molar-refractivity contribution >= 4 is 27.5 Å². The van der Waals surface area contributed by atoms with Crippen LogP contribution in [0.2, 0.25) is 0 Å². The van der Waals surface area contributed by atoms with Crippen molar-refractivity contribution in [1.29, 1.82) is 0 Å². The van der Waals surface area contributed by atoms with E-state index in [9.17, 15) is 18.0 Å². The molecule has 0 aromatic carbocycles. The first-order valence-electron chi connectivity index (χ1n) is 9.83. The molecule has 3 aliphatic rings. The largest absolute Gasteiger partial charge is 0.452 e. The molecule has 0 N–H and O–H groups in total. The molecular formula is C19H25N3O5S. The number of anilines is 1. The molecule has 2 saturated heterocycles. The van der Waals surface area contributed by atoms with Crippen LogP contribution in [0.25, 0.3) is 0 Å². The van der Waals surface area contributed by atoms with E-state index in [0.717, 1.165) is 38.8 Å². The molecule has 9 heteroatoms. The lowest BCUT2D eigenvalue weighted by Crippen LogP contribution is -2.44. The van der Waals surface area contributed by atoms with Gasteiger partial charge < -0.3 is 14.5 Å². The Kier molecular flexibility index (Phi) is 5.27. The fourth-order valence-corrected chi connectivity index (χ4v) is 5.78. The van der Waals surface area contributed by atoms with Crippen LogP contribution >= 0.6 is 0 Å². The van der Waals surface area contributed by atoms with Crippen molar-refractivity contribution < 1.29 is 22.7 Å². The van der Waals surface area contributed by atoms with E-state index in [1.165, 1.54) is 0 Å². The Morgan fingerprint density at radius 1 is 1.18 bits per heavy atom. The van der Waals surface area contributed by atoms with E-state index in [-0.39, 0.29) is 36.1 Å². The highest BCUT2D eigenvalue weighted by Crippen LogP contribution is 2.32. The van der Waals surface area contributed by atoms with Crippen LogP contribution < -0.4 is 4.90 Å². The molecule has 1 aliphatic carbocycles. The van der Waals surface area contributed by atoms with Crippen molar-refractivity contribution in [2.45, 2.75) is 44.2 Å². The first-order chi connectivity index (χ1) is 13.4. The Morgan fingerprint density at radius 3 is 2.57 bits per heavy atom. The summed E-state index contributed by atoms with van der Waals surface area (Å²) < 4.78 is 28.9. The summed E-state index contributed by atoms with van der Waals surface area (Å²) >= 11 is 0. The van der Waals surface area contributed by atoms with Crippen LogP contribution in [0.4, 0.5) is 5.82 Å². The second-order valence-electron chi connectivity index (χ2n) is 7.73. The van der Waals surface area contributed by atoms with Crippen LogP contribution in [0.1, 0.15) is 42.5 Å². The van der Waals surface area contributed by atoms with Gasteiger partial charge in [0.05, 0.1) is 11.5 Å². The zero-order valence-corrected chi connectivity index (χ0v) is 16.6. The maximum absolute atomic E-state index is 12.7. The molecular weight excluding hydrogens is 382 g/mol. The van der Waals surface area contributed by atoms with Crippen LogP contribution in [0.3, 0.4) is 0 Å². The molecule has 3 heterocycles. The number of ether oxygens (including phenoxy) is 1. The average molecular weight is 407 g/mol. The van der Waals surface area contributed by atoms with Crippen molar-refractivity contribution in [3.63, 3.8) is 0 Å². The van der Waals surface area contributed by atoms with Crippen molar-refractivity contribution in [2.75, 3.05) is 36.1 Å². The average Bonchev–Trinajstić information content (AvgIpc) is 3.22. The number of carbonyl (C=O) groups is 2. The maximum atomic E-state index is 12.7. The number of hydrogen-bond acceptors (Lipinski definition) is 7. The standard InChI is InChI=1S/C19H25N3O5S/c23-17(22(14-5-6-14)15-7-11-28(25,26)13-15)12-27-19(24)16-4-3-8-20-18(16)21-9-1-2-10-21/h3-4,8,14-15H,1-2,5-7,9-13H2/t15-/m1/s1. The minimum absolute atomic E-state index is 0.00486. The molecule has 4 rings (SSSR count). The number of pyridine rings is 1. The van der Waals surface area contributed by atoms with E-state index in [0.29, 0.717) is 17.8 Å². The van der Waals surface area contributed by atoms with Gasteiger partial charge >= 0.3 is 5.97 Å². The monoisotopic (exact) mass is 407 g/mol. The molecule has 1 aromatic rings. The molecule has 1 saturated carbocycles. The molecule has 0 radical (unpaired) electrons. The third-order valence-corrected chi connectivity index (χ3v) is 7.32. The molecule has 1 aromatic heterocycles. The van der Waals surface area contributed by atoms with Crippen LogP contribution in [0.5, 0.6) is 0 Å². The van der Waals surface area contributed by atoms with E-state index in [1.807, 2.05) is 0 Å². The Morgan fingerprint density at radius 2 is 1.93 bits per heavy atom. The number of hydrogen-bond donors (Lipinski definition) is 0. The van der Waals surface area contributed by atoms with Crippen molar-refractivity contribution in [1.82, 2.24) is 9.88 Å². The van der Waals surface area contributed by atoms with Gasteiger partial charge in [0.15, 0.2) is 16.4 Å². The molecule has 0 unspecified atom stereocenters. The van der Waals surface area contributed by atoms with E-state index in [2.05, 4.69) is 9.88 Å². The molecule has 8 nitrogen and oxygen atoms in total. The minimum atomic E-state index is -3.08. The van der Waals surface area contributed by atoms with Gasteiger partial charge in [-0.2, -0.15) is 0 Å². The third kappa shape index (κ3) is 4.14. The summed E-state index contributed by atoms with van der Waals surface area (Å²) in [6.07, 6.45) is 5.97. The lowest BCUT2D eigenvalue weighted by atomic mass is 10.2. The first-order valence-corrected chi connectivity index (χ1v) is 11.7. The van der Waals surface area contributed by atoms with Crippen LogP contribution in [-0.2, 0) is 19.4 Å². The highest BCUT2D eigenvalue weighted by molar-refractivity contribution is 7.91. The zero-order chi connectivity index (χ0) is 19.7. The predicted octanol–water partition coefficient (Wildman–Crippen LogP) is 1.02. The number of amides is 1. The number of nitrogens with zero attached hydrogens (tertiary/aromatic N) is 3. The minimum Gasteiger partial charge on any atom is -0.452 e. The summed E-state index contributed by atoms with van der Waals surface area (Å²) in [5.41, 5.74) is 0.360. The smallest absolute Gasteiger partial charge is 0.342 e. The number of sulfone groups is 1. The Labute approximate surface area is 164 Å². The Balaban J connectivity index is 1.41. The van der Waals surface area contributed by atoms with Gasteiger partial charge in [-0.1, -0.05) is 0 Å². The quantitative estimate of drug-likeness (QED) is 0.650. The van der Waals surface area contributed by atoms with Gasteiger partial charge in [0, 0.05) is 31.4 Å². The third-order valence-electron chi connectivity index (χ3n) is 5.57. The number of rotatable bonds is 6. The molecule has 3 fully saturated rings. The van der Waals surface area contributed by atoms with Gasteiger partial charge in [0.2, 0.25) is 0 Å². The summed E-state index contributed by atoms with van der Waals surface area (Å²) in [6, 6.07) is 3.11. The van der Waals surface area contributed by atoms with E-state index < -0.39 is 15.8 Å². The van der Waals surface area contributed by atoms with Gasteiger partial charge in [0.1, 0.15) is 11.4 Å². The molecule has 2 aliphatic heterocycles. The van der Waals surface area contributed by atoms with Crippen molar-refractivity contribution in [3.8, 4) is 0 Å². The predicted molar refractivity (Wildman–Crippen MR) is 103 cm³/mol.